The first-order chi connectivity index (χ1) is 17.0. The Morgan fingerprint density at radius 2 is 1.58 bits per heavy atom. The second kappa shape index (κ2) is 10.8. The van der Waals surface area contributed by atoms with Crippen LogP contribution in [0.15, 0.2) is 97.3 Å². The maximum Gasteiger partial charge on any atom is 0.253 e. The van der Waals surface area contributed by atoms with Gasteiger partial charge in [0, 0.05) is 6.92 Å². The molecule has 0 bridgehead atoms. The van der Waals surface area contributed by atoms with Gasteiger partial charge in [-0.1, -0.05) is 90.5 Å². The van der Waals surface area contributed by atoms with Crippen molar-refractivity contribution in [3.63, 3.8) is 0 Å². The van der Waals surface area contributed by atoms with Gasteiger partial charge in [0.15, 0.2) is 0 Å². The minimum absolute atomic E-state index is 0. The van der Waals surface area contributed by atoms with Crippen LogP contribution in [0, 0.1) is 19.8 Å². The van der Waals surface area contributed by atoms with Crippen molar-refractivity contribution >= 4 is 5.91 Å². The average molecular weight is 545 g/mol. The second-order valence-electron chi connectivity index (χ2n) is 9.94. The molecule has 4 aromatic rings. The summed E-state index contributed by atoms with van der Waals surface area (Å²) in [4.78, 5) is 13.4. The molecular formula is C31H34BrN3O. The molecule has 5 heteroatoms. The van der Waals surface area contributed by atoms with Crippen molar-refractivity contribution in [1.82, 2.24) is 4.57 Å². The summed E-state index contributed by atoms with van der Waals surface area (Å²) in [5, 5.41) is 0. The van der Waals surface area contributed by atoms with Gasteiger partial charge in [0.2, 0.25) is 5.91 Å². The molecule has 1 aliphatic rings. The van der Waals surface area contributed by atoms with E-state index in [0.717, 1.165) is 36.9 Å². The monoisotopic (exact) mass is 543 g/mol. The lowest BCUT2D eigenvalue weighted by Gasteiger charge is -2.37. The summed E-state index contributed by atoms with van der Waals surface area (Å²) < 4.78 is 4.72. The van der Waals surface area contributed by atoms with Gasteiger partial charge in [0.05, 0.1) is 0 Å². The molecule has 36 heavy (non-hydrogen) atoms. The number of carbonyl (C=O) groups excluding carboxylic acids is 1. The van der Waals surface area contributed by atoms with E-state index < -0.39 is 5.41 Å². The topological polar surface area (TPSA) is 51.9 Å². The molecule has 186 valence electrons. The zero-order valence-corrected chi connectivity index (χ0v) is 22.6. The molecule has 0 spiro atoms. The number of carbonyl (C=O) groups is 1. The summed E-state index contributed by atoms with van der Waals surface area (Å²) in [6, 6.07) is 29.3. The summed E-state index contributed by atoms with van der Waals surface area (Å²) in [6.45, 7) is 5.18. The van der Waals surface area contributed by atoms with Crippen molar-refractivity contribution in [3.8, 4) is 0 Å². The molecule has 5 rings (SSSR count). The standard InChI is InChI=1S/C31H33N3O.BrH/c1-23-10-9-11-25(20-23)22-33-18-19-34(24(33)2)29-17-16-28(21-29)31(30(32)35,26-12-5-3-6-13-26)27-14-7-4-8-15-27;/h3-15,18-20,28-29H,16-17,21-22H2,1-2H3,(H-,32,35);1H. The van der Waals surface area contributed by atoms with E-state index in [-0.39, 0.29) is 28.8 Å². The summed E-state index contributed by atoms with van der Waals surface area (Å²) >= 11 is 0. The highest BCUT2D eigenvalue weighted by Gasteiger charge is 2.51. The normalized spacial score (nSPS) is 17.5. The van der Waals surface area contributed by atoms with Gasteiger partial charge in [0.25, 0.3) is 5.82 Å². The second-order valence-corrected chi connectivity index (χ2v) is 9.94. The largest absolute Gasteiger partial charge is 1.00 e. The van der Waals surface area contributed by atoms with Gasteiger partial charge in [0.1, 0.15) is 30.4 Å². The van der Waals surface area contributed by atoms with E-state index in [1.54, 1.807) is 0 Å². The van der Waals surface area contributed by atoms with E-state index in [9.17, 15) is 4.79 Å². The third-order valence-electron chi connectivity index (χ3n) is 7.89. The zero-order chi connectivity index (χ0) is 24.4. The lowest BCUT2D eigenvalue weighted by molar-refractivity contribution is -0.694. The molecule has 2 atom stereocenters. The summed E-state index contributed by atoms with van der Waals surface area (Å²) in [6.07, 6.45) is 7.27. The van der Waals surface area contributed by atoms with Crippen molar-refractivity contribution in [3.05, 3.63) is 125 Å². The van der Waals surface area contributed by atoms with E-state index in [4.69, 9.17) is 5.73 Å². The molecule has 1 aromatic heterocycles. The molecule has 3 aromatic carbocycles. The molecule has 2 unspecified atom stereocenters. The van der Waals surface area contributed by atoms with Crippen LogP contribution in [0.2, 0.25) is 0 Å². The number of hydrogen-bond acceptors (Lipinski definition) is 1. The fourth-order valence-electron chi connectivity index (χ4n) is 6.21. The van der Waals surface area contributed by atoms with E-state index >= 15 is 0 Å². The quantitative estimate of drug-likeness (QED) is 0.357. The molecule has 1 saturated carbocycles. The molecule has 0 aliphatic heterocycles. The number of primary amides is 1. The Labute approximate surface area is 224 Å². The number of hydrogen-bond donors (Lipinski definition) is 1. The molecule has 0 radical (unpaired) electrons. The SMILES string of the molecule is Cc1cccc(C[n+]2ccn(C3CCC(C(C(N)=O)(c4ccccc4)c4ccccc4)C3)c2C)c1.[Br-]. The Morgan fingerprint density at radius 3 is 2.17 bits per heavy atom. The lowest BCUT2D eigenvalue weighted by atomic mass is 9.64. The fraction of sp³-hybridized carbons (Fsp3) is 0.290. The van der Waals surface area contributed by atoms with Crippen molar-refractivity contribution in [2.24, 2.45) is 11.7 Å². The van der Waals surface area contributed by atoms with Crippen LogP contribution in [0.4, 0.5) is 0 Å². The Bertz CT molecular complexity index is 1280. The first-order valence-corrected chi connectivity index (χ1v) is 12.5. The van der Waals surface area contributed by atoms with Crippen LogP contribution in [0.25, 0.3) is 0 Å². The van der Waals surface area contributed by atoms with Crippen LogP contribution in [0.3, 0.4) is 0 Å². The Balaban J connectivity index is 0.00000304. The van der Waals surface area contributed by atoms with Crippen LogP contribution in [-0.4, -0.2) is 10.5 Å². The van der Waals surface area contributed by atoms with Crippen LogP contribution >= 0.6 is 0 Å². The average Bonchev–Trinajstić information content (AvgIpc) is 3.48. The molecule has 2 N–H and O–H groups in total. The lowest BCUT2D eigenvalue weighted by Crippen LogP contribution is -3.00. The number of halogens is 1. The van der Waals surface area contributed by atoms with Crippen molar-refractivity contribution in [2.45, 2.75) is 51.1 Å². The minimum atomic E-state index is -0.837. The number of imidazole rings is 1. The maximum absolute atomic E-state index is 13.4. The Kier molecular flexibility index (Phi) is 7.79. The number of amides is 1. The predicted molar refractivity (Wildman–Crippen MR) is 139 cm³/mol. The van der Waals surface area contributed by atoms with Gasteiger partial charge >= 0.3 is 0 Å². The van der Waals surface area contributed by atoms with Crippen molar-refractivity contribution < 1.29 is 26.3 Å². The fourth-order valence-corrected chi connectivity index (χ4v) is 6.21. The highest BCUT2D eigenvalue weighted by atomic mass is 79.9. The molecule has 4 nitrogen and oxygen atoms in total. The maximum atomic E-state index is 13.4. The summed E-state index contributed by atoms with van der Waals surface area (Å²) in [5.41, 5.74) is 10.0. The van der Waals surface area contributed by atoms with Gasteiger partial charge in [-0.05, 0) is 48.8 Å². The molecule has 1 heterocycles. The van der Waals surface area contributed by atoms with E-state index in [1.165, 1.54) is 17.0 Å². The third-order valence-corrected chi connectivity index (χ3v) is 7.89. The van der Waals surface area contributed by atoms with Gasteiger partial charge in [-0.3, -0.25) is 4.79 Å². The van der Waals surface area contributed by atoms with Gasteiger partial charge in [-0.15, -0.1) is 0 Å². The smallest absolute Gasteiger partial charge is 0.253 e. The minimum Gasteiger partial charge on any atom is -1.00 e. The number of aromatic nitrogens is 2. The van der Waals surface area contributed by atoms with Crippen molar-refractivity contribution in [2.75, 3.05) is 0 Å². The molecular weight excluding hydrogens is 510 g/mol. The van der Waals surface area contributed by atoms with Crippen LogP contribution in [0.1, 0.15) is 53.4 Å². The number of nitrogens with two attached hydrogens (primary N) is 1. The Morgan fingerprint density at radius 1 is 0.944 bits per heavy atom. The predicted octanol–water partition coefficient (Wildman–Crippen LogP) is 2.26. The summed E-state index contributed by atoms with van der Waals surface area (Å²) in [7, 11) is 0. The molecule has 1 aliphatic carbocycles. The first-order valence-electron chi connectivity index (χ1n) is 12.5. The van der Waals surface area contributed by atoms with Crippen LogP contribution in [0.5, 0.6) is 0 Å². The van der Waals surface area contributed by atoms with Crippen molar-refractivity contribution in [1.29, 1.82) is 0 Å². The molecule has 1 amide bonds. The Hall–Kier alpha value is -3.18. The van der Waals surface area contributed by atoms with E-state index in [2.05, 4.69) is 83.9 Å². The third kappa shape index (κ3) is 4.64. The zero-order valence-electron chi connectivity index (χ0n) is 21.0. The van der Waals surface area contributed by atoms with Gasteiger partial charge < -0.3 is 22.7 Å². The molecule has 0 saturated heterocycles. The number of nitrogens with zero attached hydrogens (tertiary/aromatic N) is 2. The molecule has 1 fully saturated rings. The van der Waals surface area contributed by atoms with Crippen LogP contribution < -0.4 is 27.3 Å². The number of rotatable bonds is 7. The highest BCUT2D eigenvalue weighted by molar-refractivity contribution is 5.91. The number of benzene rings is 3. The highest BCUT2D eigenvalue weighted by Crippen LogP contribution is 2.49. The first kappa shape index (κ1) is 25.9. The van der Waals surface area contributed by atoms with E-state index in [0.29, 0.717) is 6.04 Å². The van der Waals surface area contributed by atoms with Gasteiger partial charge in [-0.2, -0.15) is 0 Å². The van der Waals surface area contributed by atoms with Gasteiger partial charge in [-0.25, -0.2) is 9.13 Å². The van der Waals surface area contributed by atoms with E-state index in [1.807, 2.05) is 36.4 Å². The summed E-state index contributed by atoms with van der Waals surface area (Å²) in [5.74, 6) is 1.10. The van der Waals surface area contributed by atoms with Crippen LogP contribution in [-0.2, 0) is 16.8 Å². The number of aryl methyl sites for hydroxylation is 1.